The Morgan fingerprint density at radius 3 is 2.96 bits per heavy atom. The van der Waals surface area contributed by atoms with Gasteiger partial charge in [-0.1, -0.05) is 18.9 Å². The lowest BCUT2D eigenvalue weighted by Crippen LogP contribution is -2.47. The molecule has 5 nitrogen and oxygen atoms in total. The van der Waals surface area contributed by atoms with Gasteiger partial charge in [0, 0.05) is 13.1 Å². The van der Waals surface area contributed by atoms with Crippen LogP contribution in [0.1, 0.15) is 31.2 Å². The van der Waals surface area contributed by atoms with Crippen molar-refractivity contribution in [1.82, 2.24) is 10.6 Å². The fourth-order valence-corrected chi connectivity index (χ4v) is 4.25. The van der Waals surface area contributed by atoms with Crippen molar-refractivity contribution in [3.05, 3.63) is 23.8 Å². The van der Waals surface area contributed by atoms with Crippen molar-refractivity contribution in [2.24, 2.45) is 11.3 Å². The first-order valence-electron chi connectivity index (χ1n) is 8.65. The third kappa shape index (κ3) is 3.07. The van der Waals surface area contributed by atoms with Crippen molar-refractivity contribution in [3.63, 3.8) is 0 Å². The van der Waals surface area contributed by atoms with Gasteiger partial charge in [0.1, 0.15) is 13.2 Å². The molecule has 2 aliphatic heterocycles. The van der Waals surface area contributed by atoms with Crippen molar-refractivity contribution in [2.75, 3.05) is 26.3 Å². The molecule has 4 rings (SSSR count). The van der Waals surface area contributed by atoms with Crippen LogP contribution in [0, 0.1) is 11.3 Å². The molecule has 132 valence electrons. The number of nitrogens with one attached hydrogen (secondary N) is 2. The number of hydrogen-bond donors (Lipinski definition) is 2. The van der Waals surface area contributed by atoms with E-state index in [1.54, 1.807) is 0 Å². The molecule has 1 aromatic carbocycles. The van der Waals surface area contributed by atoms with Gasteiger partial charge in [-0.15, -0.1) is 12.4 Å². The van der Waals surface area contributed by atoms with Crippen LogP contribution in [0.3, 0.4) is 0 Å². The minimum Gasteiger partial charge on any atom is -0.486 e. The molecule has 3 aliphatic rings. The maximum atomic E-state index is 12.9. The van der Waals surface area contributed by atoms with E-state index < -0.39 is 0 Å². The fourth-order valence-electron chi connectivity index (χ4n) is 4.25. The highest BCUT2D eigenvalue weighted by atomic mass is 35.5. The summed E-state index contributed by atoms with van der Waals surface area (Å²) in [4.78, 5) is 12.9. The molecule has 2 heterocycles. The van der Waals surface area contributed by atoms with E-state index in [-0.39, 0.29) is 23.7 Å². The van der Waals surface area contributed by atoms with E-state index in [2.05, 4.69) is 10.6 Å². The number of fused-ring (bicyclic) bond motifs is 2. The smallest absolute Gasteiger partial charge is 0.228 e. The van der Waals surface area contributed by atoms with Crippen LogP contribution in [0.5, 0.6) is 11.5 Å². The Labute approximate surface area is 148 Å². The van der Waals surface area contributed by atoms with Crippen LogP contribution in [0.4, 0.5) is 0 Å². The molecule has 1 aromatic rings. The summed E-state index contributed by atoms with van der Waals surface area (Å²) in [7, 11) is 0. The number of hydrogen-bond acceptors (Lipinski definition) is 4. The quantitative estimate of drug-likeness (QED) is 0.876. The molecule has 24 heavy (non-hydrogen) atoms. The van der Waals surface area contributed by atoms with E-state index in [0.29, 0.717) is 25.7 Å². The van der Waals surface area contributed by atoms with E-state index in [9.17, 15) is 4.79 Å². The molecule has 0 unspecified atom stereocenters. The Kier molecular flexibility index (Phi) is 5.21. The zero-order valence-corrected chi connectivity index (χ0v) is 14.6. The highest BCUT2D eigenvalue weighted by Crippen LogP contribution is 2.44. The van der Waals surface area contributed by atoms with Gasteiger partial charge in [-0.25, -0.2) is 0 Å². The normalized spacial score (nSPS) is 27.8. The first-order valence-corrected chi connectivity index (χ1v) is 8.65. The van der Waals surface area contributed by atoms with Crippen LogP contribution in [0.25, 0.3) is 0 Å². The van der Waals surface area contributed by atoms with Gasteiger partial charge < -0.3 is 20.1 Å². The molecule has 1 saturated carbocycles. The van der Waals surface area contributed by atoms with Crippen molar-refractivity contribution >= 4 is 18.3 Å². The van der Waals surface area contributed by atoms with E-state index in [4.69, 9.17) is 9.47 Å². The lowest BCUT2D eigenvalue weighted by Gasteiger charge is -2.37. The summed E-state index contributed by atoms with van der Waals surface area (Å²) < 4.78 is 11.1. The van der Waals surface area contributed by atoms with Crippen LogP contribution in [0.15, 0.2) is 18.2 Å². The van der Waals surface area contributed by atoms with Gasteiger partial charge >= 0.3 is 0 Å². The summed E-state index contributed by atoms with van der Waals surface area (Å²) in [6.07, 6.45) is 4.60. The molecule has 0 spiro atoms. The number of amides is 1. The average Bonchev–Trinajstić information content (AvgIpc) is 3.04. The Morgan fingerprint density at radius 2 is 2.08 bits per heavy atom. The zero-order chi connectivity index (χ0) is 15.7. The van der Waals surface area contributed by atoms with E-state index in [0.717, 1.165) is 43.0 Å². The topological polar surface area (TPSA) is 59.6 Å². The van der Waals surface area contributed by atoms with Gasteiger partial charge in [0.05, 0.1) is 5.41 Å². The Hall–Kier alpha value is -1.46. The largest absolute Gasteiger partial charge is 0.486 e. The summed E-state index contributed by atoms with van der Waals surface area (Å²) in [6, 6.07) is 5.89. The third-order valence-corrected chi connectivity index (χ3v) is 5.55. The Morgan fingerprint density at radius 1 is 1.25 bits per heavy atom. The summed E-state index contributed by atoms with van der Waals surface area (Å²) in [6.45, 7) is 3.53. The SMILES string of the molecule is Cl.O=C(NCc1ccc2c(c1)OCCO2)[C@@]12CCCC[C@H]1CNC2. The molecular formula is C18H25ClN2O3. The monoisotopic (exact) mass is 352 g/mol. The number of rotatable bonds is 3. The molecule has 0 radical (unpaired) electrons. The number of halogens is 1. The van der Waals surface area contributed by atoms with Gasteiger partial charge in [0.2, 0.25) is 5.91 Å². The fraction of sp³-hybridized carbons (Fsp3) is 0.611. The molecule has 2 N–H and O–H groups in total. The van der Waals surface area contributed by atoms with Crippen LogP contribution in [-0.2, 0) is 11.3 Å². The third-order valence-electron chi connectivity index (χ3n) is 5.55. The van der Waals surface area contributed by atoms with Crippen LogP contribution >= 0.6 is 12.4 Å². The van der Waals surface area contributed by atoms with Crippen molar-refractivity contribution in [3.8, 4) is 11.5 Å². The Bertz CT molecular complexity index is 610. The molecular weight excluding hydrogens is 328 g/mol. The average molecular weight is 353 g/mol. The standard InChI is InChI=1S/C18H24N2O3.ClH/c21-17(18-6-2-1-3-14(18)11-19-12-18)20-10-13-4-5-15-16(9-13)23-8-7-22-15;/h4-5,9,14,19H,1-3,6-8,10-12H2,(H,20,21);1H/t14-,18+;/m0./s1. The highest BCUT2D eigenvalue weighted by molar-refractivity contribution is 5.85. The minimum atomic E-state index is -0.188. The molecule has 6 heteroatoms. The molecule has 1 amide bonds. The van der Waals surface area contributed by atoms with E-state index in [1.165, 1.54) is 12.8 Å². The number of carbonyl (C=O) groups is 1. The first kappa shape index (κ1) is 17.4. The van der Waals surface area contributed by atoms with Gasteiger partial charge in [0.25, 0.3) is 0 Å². The molecule has 1 aliphatic carbocycles. The van der Waals surface area contributed by atoms with Gasteiger partial charge in [-0.05, 0) is 43.0 Å². The van der Waals surface area contributed by atoms with E-state index >= 15 is 0 Å². The minimum absolute atomic E-state index is 0. The van der Waals surface area contributed by atoms with Crippen molar-refractivity contribution < 1.29 is 14.3 Å². The summed E-state index contributed by atoms with van der Waals surface area (Å²) in [5.74, 6) is 2.27. The second kappa shape index (κ2) is 7.19. The molecule has 2 fully saturated rings. The zero-order valence-electron chi connectivity index (χ0n) is 13.8. The second-order valence-electron chi connectivity index (χ2n) is 6.89. The predicted molar refractivity (Wildman–Crippen MR) is 93.8 cm³/mol. The van der Waals surface area contributed by atoms with Gasteiger partial charge in [-0.3, -0.25) is 4.79 Å². The number of ether oxygens (including phenoxy) is 2. The number of carbonyl (C=O) groups excluding carboxylic acids is 1. The molecule has 2 atom stereocenters. The summed E-state index contributed by atoms with van der Waals surface area (Å²) >= 11 is 0. The lowest BCUT2D eigenvalue weighted by atomic mass is 9.67. The first-order chi connectivity index (χ1) is 11.3. The second-order valence-corrected chi connectivity index (χ2v) is 6.89. The van der Waals surface area contributed by atoms with Crippen LogP contribution in [0.2, 0.25) is 0 Å². The van der Waals surface area contributed by atoms with E-state index in [1.807, 2.05) is 18.2 Å². The van der Waals surface area contributed by atoms with Gasteiger partial charge in [-0.2, -0.15) is 0 Å². The van der Waals surface area contributed by atoms with Crippen LogP contribution in [-0.4, -0.2) is 32.2 Å². The maximum Gasteiger partial charge on any atom is 0.228 e. The predicted octanol–water partition coefficient (Wildman–Crippen LogP) is 2.28. The molecule has 0 bridgehead atoms. The summed E-state index contributed by atoms with van der Waals surface area (Å²) in [5.41, 5.74) is 0.865. The van der Waals surface area contributed by atoms with Crippen molar-refractivity contribution in [2.45, 2.75) is 32.2 Å². The number of benzene rings is 1. The van der Waals surface area contributed by atoms with Gasteiger partial charge in [0.15, 0.2) is 11.5 Å². The molecule has 1 saturated heterocycles. The van der Waals surface area contributed by atoms with Crippen molar-refractivity contribution in [1.29, 1.82) is 0 Å². The summed E-state index contributed by atoms with van der Waals surface area (Å²) in [5, 5.41) is 6.59. The lowest BCUT2D eigenvalue weighted by molar-refractivity contribution is -0.134. The highest BCUT2D eigenvalue weighted by Gasteiger charge is 2.49. The Balaban J connectivity index is 0.00000169. The molecule has 0 aromatic heterocycles. The van der Waals surface area contributed by atoms with Crippen LogP contribution < -0.4 is 20.1 Å². The maximum absolute atomic E-state index is 12.9.